The summed E-state index contributed by atoms with van der Waals surface area (Å²) in [5.74, 6) is 0.0346. The van der Waals surface area contributed by atoms with Crippen LogP contribution in [0.4, 0.5) is 11.4 Å². The highest BCUT2D eigenvalue weighted by atomic mass is 16.5. The van der Waals surface area contributed by atoms with E-state index in [9.17, 15) is 4.79 Å². The van der Waals surface area contributed by atoms with Crippen LogP contribution in [0.25, 0.3) is 10.8 Å². The number of ether oxygens (including phenoxy) is 1. The Labute approximate surface area is 178 Å². The zero-order valence-electron chi connectivity index (χ0n) is 17.7. The summed E-state index contributed by atoms with van der Waals surface area (Å²) in [7, 11) is 2.07. The summed E-state index contributed by atoms with van der Waals surface area (Å²) >= 11 is 0. The number of hydrogen-bond acceptors (Lipinski definition) is 3. The number of hydrogen-bond donors (Lipinski definition) is 2. The fourth-order valence-electron chi connectivity index (χ4n) is 3.88. The molecule has 30 heavy (non-hydrogen) atoms. The Morgan fingerprint density at radius 2 is 1.73 bits per heavy atom. The highest BCUT2D eigenvalue weighted by Gasteiger charge is 2.22. The number of rotatable bonds is 6. The molecule has 1 heterocycles. The number of quaternary nitrogens is 1. The van der Waals surface area contributed by atoms with Crippen LogP contribution in [0.3, 0.4) is 0 Å². The van der Waals surface area contributed by atoms with E-state index in [1.54, 1.807) is 0 Å². The molecule has 1 unspecified atom stereocenters. The van der Waals surface area contributed by atoms with Crippen LogP contribution in [0.15, 0.2) is 66.7 Å². The minimum Gasteiger partial charge on any atom is -0.378 e. The van der Waals surface area contributed by atoms with Crippen molar-refractivity contribution in [2.45, 2.75) is 19.5 Å². The Morgan fingerprint density at radius 1 is 1.03 bits per heavy atom. The number of benzene rings is 3. The summed E-state index contributed by atoms with van der Waals surface area (Å²) < 4.78 is 5.41. The predicted molar refractivity (Wildman–Crippen MR) is 122 cm³/mol. The Bertz CT molecular complexity index is 997. The quantitative estimate of drug-likeness (QED) is 0.664. The topological polar surface area (TPSA) is 46.0 Å². The minimum atomic E-state index is -0.157. The standard InChI is InChI=1S/C25H29N3O2/c1-19(27(2)18-20-7-8-21-5-3-4-6-22(21)17-20)25(29)26-23-9-11-24(12-10-23)28-13-15-30-16-14-28/h3-12,17,19H,13-16,18H2,1-2H3,(H,26,29)/p+1/t19-/m1/s1. The molecule has 5 nitrogen and oxygen atoms in total. The largest absolute Gasteiger partial charge is 0.378 e. The summed E-state index contributed by atoms with van der Waals surface area (Å²) in [4.78, 5) is 16.2. The van der Waals surface area contributed by atoms with Gasteiger partial charge in [0.2, 0.25) is 0 Å². The highest BCUT2D eigenvalue weighted by Crippen LogP contribution is 2.19. The van der Waals surface area contributed by atoms with Crippen molar-refractivity contribution in [1.29, 1.82) is 0 Å². The van der Waals surface area contributed by atoms with Gasteiger partial charge >= 0.3 is 0 Å². The third kappa shape index (κ3) is 4.81. The molecule has 1 aliphatic heterocycles. The van der Waals surface area contributed by atoms with E-state index in [1.165, 1.54) is 22.0 Å². The van der Waals surface area contributed by atoms with Crippen LogP contribution in [0.5, 0.6) is 0 Å². The summed E-state index contributed by atoms with van der Waals surface area (Å²) in [5, 5.41) is 5.54. The molecule has 2 N–H and O–H groups in total. The van der Waals surface area contributed by atoms with E-state index in [4.69, 9.17) is 4.74 Å². The average molecular weight is 405 g/mol. The molecule has 2 atom stereocenters. The Kier molecular flexibility index (Phi) is 6.31. The van der Waals surface area contributed by atoms with Crippen molar-refractivity contribution in [1.82, 2.24) is 0 Å². The number of carbonyl (C=O) groups is 1. The van der Waals surface area contributed by atoms with Crippen LogP contribution in [-0.4, -0.2) is 45.3 Å². The van der Waals surface area contributed by atoms with Gasteiger partial charge in [0.1, 0.15) is 6.54 Å². The van der Waals surface area contributed by atoms with Gasteiger partial charge in [-0.25, -0.2) is 0 Å². The Morgan fingerprint density at radius 3 is 2.47 bits per heavy atom. The van der Waals surface area contributed by atoms with Crippen molar-refractivity contribution >= 4 is 28.1 Å². The van der Waals surface area contributed by atoms with Crippen LogP contribution >= 0.6 is 0 Å². The molecule has 0 saturated carbocycles. The third-order valence-electron chi connectivity index (χ3n) is 5.94. The molecule has 3 aromatic carbocycles. The Hall–Kier alpha value is -2.89. The van der Waals surface area contributed by atoms with E-state index in [-0.39, 0.29) is 11.9 Å². The molecule has 4 rings (SSSR count). The van der Waals surface area contributed by atoms with E-state index in [2.05, 4.69) is 71.9 Å². The molecule has 0 aromatic heterocycles. The van der Waals surface area contributed by atoms with Gasteiger partial charge in [0, 0.05) is 30.0 Å². The van der Waals surface area contributed by atoms with Gasteiger partial charge in [0.25, 0.3) is 5.91 Å². The van der Waals surface area contributed by atoms with Crippen molar-refractivity contribution in [3.05, 3.63) is 72.3 Å². The van der Waals surface area contributed by atoms with Gasteiger partial charge in [0.05, 0.1) is 20.3 Å². The van der Waals surface area contributed by atoms with E-state index in [1.807, 2.05) is 19.1 Å². The van der Waals surface area contributed by atoms with Gasteiger partial charge < -0.3 is 19.9 Å². The van der Waals surface area contributed by atoms with E-state index in [0.717, 1.165) is 43.4 Å². The van der Waals surface area contributed by atoms with Gasteiger partial charge in [-0.15, -0.1) is 0 Å². The highest BCUT2D eigenvalue weighted by molar-refractivity contribution is 5.93. The first-order chi connectivity index (χ1) is 14.6. The maximum absolute atomic E-state index is 12.8. The van der Waals surface area contributed by atoms with Gasteiger partial charge in [-0.2, -0.15) is 0 Å². The molecule has 3 aromatic rings. The number of nitrogens with one attached hydrogen (secondary N) is 2. The molecular weight excluding hydrogens is 374 g/mol. The number of fused-ring (bicyclic) bond motifs is 1. The first-order valence-corrected chi connectivity index (χ1v) is 10.6. The average Bonchev–Trinajstić information content (AvgIpc) is 2.79. The van der Waals surface area contributed by atoms with E-state index < -0.39 is 0 Å². The molecule has 156 valence electrons. The predicted octanol–water partition coefficient (Wildman–Crippen LogP) is 2.72. The molecular formula is C25H30N3O2+. The Balaban J connectivity index is 1.35. The van der Waals surface area contributed by atoms with Crippen LogP contribution in [-0.2, 0) is 16.1 Å². The van der Waals surface area contributed by atoms with Crippen molar-refractivity contribution in [3.63, 3.8) is 0 Å². The maximum Gasteiger partial charge on any atom is 0.282 e. The first kappa shape index (κ1) is 20.4. The number of amides is 1. The van der Waals surface area contributed by atoms with Crippen molar-refractivity contribution in [3.8, 4) is 0 Å². The summed E-state index contributed by atoms with van der Waals surface area (Å²) in [5.41, 5.74) is 3.24. The number of nitrogens with zero attached hydrogens (tertiary/aromatic N) is 1. The number of morpholine rings is 1. The third-order valence-corrected chi connectivity index (χ3v) is 5.94. The number of anilines is 2. The fourth-order valence-corrected chi connectivity index (χ4v) is 3.88. The lowest BCUT2D eigenvalue weighted by Crippen LogP contribution is -3.12. The summed E-state index contributed by atoms with van der Waals surface area (Å²) in [6, 6.07) is 22.8. The van der Waals surface area contributed by atoms with E-state index >= 15 is 0 Å². The second-order valence-electron chi connectivity index (χ2n) is 8.06. The number of carbonyl (C=O) groups excluding carboxylic acids is 1. The molecule has 0 bridgehead atoms. The summed E-state index contributed by atoms with van der Waals surface area (Å²) in [6.45, 7) is 6.13. The molecule has 0 radical (unpaired) electrons. The molecule has 1 aliphatic rings. The van der Waals surface area contributed by atoms with Crippen molar-refractivity contribution < 1.29 is 14.4 Å². The lowest BCUT2D eigenvalue weighted by molar-refractivity contribution is -0.907. The van der Waals surface area contributed by atoms with Crippen molar-refractivity contribution in [2.24, 2.45) is 0 Å². The molecule has 0 aliphatic carbocycles. The van der Waals surface area contributed by atoms with Gasteiger partial charge in [0.15, 0.2) is 6.04 Å². The van der Waals surface area contributed by atoms with Crippen LogP contribution < -0.4 is 15.1 Å². The number of likely N-dealkylation sites (N-methyl/N-ethyl adjacent to an activating group) is 1. The SMILES string of the molecule is C[C@H](C(=O)Nc1ccc(N2CCOCC2)cc1)[NH+](C)Cc1ccc2ccccc2c1. The van der Waals surface area contributed by atoms with Gasteiger partial charge in [-0.3, -0.25) is 4.79 Å². The van der Waals surface area contributed by atoms with Gasteiger partial charge in [-0.1, -0.05) is 36.4 Å². The lowest BCUT2D eigenvalue weighted by Gasteiger charge is -2.29. The fraction of sp³-hybridized carbons (Fsp3) is 0.320. The monoisotopic (exact) mass is 404 g/mol. The molecule has 0 spiro atoms. The molecule has 5 heteroatoms. The normalized spacial score (nSPS) is 16.3. The maximum atomic E-state index is 12.8. The second kappa shape index (κ2) is 9.28. The lowest BCUT2D eigenvalue weighted by atomic mass is 10.1. The summed E-state index contributed by atoms with van der Waals surface area (Å²) in [6.07, 6.45) is 0. The molecule has 1 fully saturated rings. The smallest absolute Gasteiger partial charge is 0.282 e. The zero-order valence-corrected chi connectivity index (χ0v) is 17.7. The minimum absolute atomic E-state index is 0.0346. The zero-order chi connectivity index (χ0) is 20.9. The molecule has 1 saturated heterocycles. The van der Waals surface area contributed by atoms with Crippen molar-refractivity contribution in [2.75, 3.05) is 43.6 Å². The molecule has 1 amide bonds. The van der Waals surface area contributed by atoms with Crippen LogP contribution in [0.1, 0.15) is 12.5 Å². The second-order valence-corrected chi connectivity index (χ2v) is 8.06. The van der Waals surface area contributed by atoms with Gasteiger partial charge in [-0.05, 0) is 48.0 Å². The van der Waals surface area contributed by atoms with Crippen LogP contribution in [0.2, 0.25) is 0 Å². The van der Waals surface area contributed by atoms with E-state index in [0.29, 0.717) is 0 Å². The van der Waals surface area contributed by atoms with Crippen LogP contribution in [0, 0.1) is 0 Å². The first-order valence-electron chi connectivity index (χ1n) is 10.6.